The molecule has 30 heavy (non-hydrogen) atoms. The largest absolute Gasteiger partial charge is 0.390 e. The van der Waals surface area contributed by atoms with Crippen molar-refractivity contribution in [1.29, 1.82) is 0 Å². The maximum Gasteiger partial charge on any atom is 0.226 e. The zero-order valence-electron chi connectivity index (χ0n) is 17.7. The standard InChI is InChI=1S/C24H31FO5/c1-14-6-7-21(3)16(8-14)4-5-18-17-9-15(2)24(19(17)10-20(26)23(18,21)25)22(29-13-30-24)11-27-12-28-22/h6-8,15,17-20,26H,1,4-5,9-13H2,2-3H3/t15-,17+,18+,19?,20+,21+,22?,23+,24-/m1/s1. The highest BCUT2D eigenvalue weighted by Gasteiger charge is 2.77. The summed E-state index contributed by atoms with van der Waals surface area (Å²) in [5, 5.41) is 11.4. The highest BCUT2D eigenvalue weighted by atomic mass is 19.1. The van der Waals surface area contributed by atoms with Crippen LogP contribution in [0.2, 0.25) is 0 Å². The Bertz CT molecular complexity index is 841. The lowest BCUT2D eigenvalue weighted by molar-refractivity contribution is -0.249. The van der Waals surface area contributed by atoms with Crippen LogP contribution in [-0.2, 0) is 18.9 Å². The van der Waals surface area contributed by atoms with Crippen LogP contribution < -0.4 is 0 Å². The third kappa shape index (κ3) is 2.01. The van der Waals surface area contributed by atoms with E-state index in [0.717, 1.165) is 30.4 Å². The third-order valence-corrected chi connectivity index (χ3v) is 9.47. The zero-order chi connectivity index (χ0) is 20.9. The summed E-state index contributed by atoms with van der Waals surface area (Å²) in [7, 11) is 0. The van der Waals surface area contributed by atoms with E-state index in [9.17, 15) is 5.11 Å². The van der Waals surface area contributed by atoms with E-state index >= 15 is 4.39 Å². The Balaban J connectivity index is 1.44. The summed E-state index contributed by atoms with van der Waals surface area (Å²) >= 11 is 0. The lowest BCUT2D eigenvalue weighted by atomic mass is 9.47. The summed E-state index contributed by atoms with van der Waals surface area (Å²) in [5.74, 6) is -0.994. The number of rotatable bonds is 0. The summed E-state index contributed by atoms with van der Waals surface area (Å²) in [5.41, 5.74) is -1.27. The summed E-state index contributed by atoms with van der Waals surface area (Å²) in [6.07, 6.45) is 7.51. The second-order valence-corrected chi connectivity index (χ2v) is 10.4. The van der Waals surface area contributed by atoms with Gasteiger partial charge in [-0.1, -0.05) is 37.3 Å². The fraction of sp³-hybridized carbons (Fsp3) is 0.750. The average Bonchev–Trinajstić information content (AvgIpc) is 3.40. The number of hydrogen-bond donors (Lipinski definition) is 1. The second-order valence-electron chi connectivity index (χ2n) is 10.4. The van der Waals surface area contributed by atoms with Crippen LogP contribution in [-0.4, -0.2) is 48.5 Å². The van der Waals surface area contributed by atoms with Crippen LogP contribution in [0.1, 0.15) is 39.5 Å². The Hall–Kier alpha value is -1.05. The topological polar surface area (TPSA) is 57.2 Å². The second kappa shape index (κ2) is 6.04. The van der Waals surface area contributed by atoms with Gasteiger partial charge in [-0.2, -0.15) is 0 Å². The van der Waals surface area contributed by atoms with Crippen LogP contribution in [0.3, 0.4) is 0 Å². The third-order valence-electron chi connectivity index (χ3n) is 9.47. The van der Waals surface area contributed by atoms with Crippen molar-refractivity contribution in [1.82, 2.24) is 0 Å². The molecule has 6 rings (SSSR count). The van der Waals surface area contributed by atoms with E-state index in [1.807, 2.05) is 25.2 Å². The van der Waals surface area contributed by atoms with E-state index in [-0.39, 0.29) is 37.3 Å². The minimum Gasteiger partial charge on any atom is -0.390 e. The number of allylic oxidation sites excluding steroid dienone is 5. The minimum absolute atomic E-state index is 0.0303. The number of aliphatic hydroxyl groups excluding tert-OH is 1. The fourth-order valence-electron chi connectivity index (χ4n) is 8.19. The lowest BCUT2D eigenvalue weighted by Gasteiger charge is -2.60. The minimum atomic E-state index is -1.71. The first-order valence-electron chi connectivity index (χ1n) is 11.2. The van der Waals surface area contributed by atoms with Crippen molar-refractivity contribution in [2.24, 2.45) is 29.1 Å². The van der Waals surface area contributed by atoms with Crippen LogP contribution in [0.5, 0.6) is 0 Å². The van der Waals surface area contributed by atoms with Crippen LogP contribution in [0.25, 0.3) is 0 Å². The van der Waals surface area contributed by atoms with Gasteiger partial charge in [0, 0.05) is 11.3 Å². The Kier molecular flexibility index (Phi) is 3.95. The predicted molar refractivity (Wildman–Crippen MR) is 107 cm³/mol. The maximum absolute atomic E-state index is 17.2. The van der Waals surface area contributed by atoms with E-state index in [4.69, 9.17) is 18.9 Å². The SMILES string of the molecule is C=C1C=C[C@@]2(C)C(=C1)CC[C@H]1[C@@H]3C[C@@H](C)[C@@]4(OCOC45COCO5)C3C[C@H](O)[C@@]12F. The van der Waals surface area contributed by atoms with Crippen LogP contribution in [0.15, 0.2) is 36.0 Å². The van der Waals surface area contributed by atoms with Gasteiger partial charge in [-0.15, -0.1) is 0 Å². The zero-order valence-corrected chi connectivity index (χ0v) is 17.7. The van der Waals surface area contributed by atoms with Crippen LogP contribution >= 0.6 is 0 Å². The van der Waals surface area contributed by atoms with Gasteiger partial charge in [0.15, 0.2) is 19.3 Å². The summed E-state index contributed by atoms with van der Waals surface area (Å²) in [6.45, 7) is 8.78. The first-order valence-corrected chi connectivity index (χ1v) is 11.2. The number of halogens is 1. The van der Waals surface area contributed by atoms with Gasteiger partial charge in [-0.05, 0) is 55.9 Å². The van der Waals surface area contributed by atoms with E-state index in [0.29, 0.717) is 13.0 Å². The Labute approximate surface area is 176 Å². The monoisotopic (exact) mass is 418 g/mol. The molecule has 4 aliphatic carbocycles. The molecule has 0 amide bonds. The Morgan fingerprint density at radius 2 is 1.97 bits per heavy atom. The molecule has 164 valence electrons. The molecule has 6 heteroatoms. The van der Waals surface area contributed by atoms with Crippen molar-refractivity contribution in [3.8, 4) is 0 Å². The molecule has 0 aromatic rings. The highest BCUT2D eigenvalue weighted by Crippen LogP contribution is 2.69. The van der Waals surface area contributed by atoms with Crippen molar-refractivity contribution in [2.45, 2.75) is 62.7 Å². The molecule has 0 aromatic carbocycles. The number of alkyl halides is 1. The van der Waals surface area contributed by atoms with Gasteiger partial charge in [-0.3, -0.25) is 0 Å². The smallest absolute Gasteiger partial charge is 0.226 e. The van der Waals surface area contributed by atoms with Crippen LogP contribution in [0, 0.1) is 29.1 Å². The van der Waals surface area contributed by atoms with Gasteiger partial charge in [0.2, 0.25) is 5.79 Å². The number of hydrogen-bond acceptors (Lipinski definition) is 5. The molecule has 5 fully saturated rings. The molecule has 9 atom stereocenters. The number of fused-ring (bicyclic) bond motifs is 7. The molecular weight excluding hydrogens is 387 g/mol. The molecular formula is C24H31FO5. The first-order chi connectivity index (χ1) is 14.3. The molecule has 2 aliphatic heterocycles. The van der Waals surface area contributed by atoms with Crippen molar-refractivity contribution < 1.29 is 28.4 Å². The van der Waals surface area contributed by atoms with Gasteiger partial charge in [0.25, 0.3) is 0 Å². The van der Waals surface area contributed by atoms with Crippen molar-refractivity contribution in [2.75, 3.05) is 20.2 Å². The van der Waals surface area contributed by atoms with E-state index in [2.05, 4.69) is 13.5 Å². The van der Waals surface area contributed by atoms with E-state index in [1.165, 1.54) is 0 Å². The number of ether oxygens (including phenoxy) is 4. The molecule has 1 N–H and O–H groups in total. The van der Waals surface area contributed by atoms with Gasteiger partial charge in [0.05, 0.1) is 6.10 Å². The number of aliphatic hydroxyl groups is 1. The molecule has 5 nitrogen and oxygen atoms in total. The molecule has 6 aliphatic rings. The molecule has 2 saturated heterocycles. The van der Waals surface area contributed by atoms with Gasteiger partial charge in [-0.25, -0.2) is 4.39 Å². The normalized spacial score (nSPS) is 56.9. The molecule has 0 aromatic heterocycles. The molecule has 0 radical (unpaired) electrons. The summed E-state index contributed by atoms with van der Waals surface area (Å²) in [4.78, 5) is 0. The highest BCUT2D eigenvalue weighted by molar-refractivity contribution is 5.46. The average molecular weight is 419 g/mol. The van der Waals surface area contributed by atoms with Gasteiger partial charge >= 0.3 is 0 Å². The molecule has 2 spiro atoms. The van der Waals surface area contributed by atoms with Gasteiger partial charge in [0.1, 0.15) is 12.2 Å². The van der Waals surface area contributed by atoms with Gasteiger partial charge < -0.3 is 24.1 Å². The molecule has 2 heterocycles. The maximum atomic E-state index is 17.2. The fourth-order valence-corrected chi connectivity index (χ4v) is 8.19. The Morgan fingerprint density at radius 1 is 1.17 bits per heavy atom. The summed E-state index contributed by atoms with van der Waals surface area (Å²) < 4.78 is 41.1. The molecule has 0 bridgehead atoms. The van der Waals surface area contributed by atoms with Crippen LogP contribution in [0.4, 0.5) is 4.39 Å². The van der Waals surface area contributed by atoms with Crippen molar-refractivity contribution in [3.05, 3.63) is 36.0 Å². The lowest BCUT2D eigenvalue weighted by Crippen LogP contribution is -2.68. The van der Waals surface area contributed by atoms with E-state index < -0.39 is 28.6 Å². The van der Waals surface area contributed by atoms with Crippen molar-refractivity contribution >= 4 is 0 Å². The molecule has 2 unspecified atom stereocenters. The van der Waals surface area contributed by atoms with E-state index in [1.54, 1.807) is 0 Å². The summed E-state index contributed by atoms with van der Waals surface area (Å²) in [6, 6.07) is 0. The first kappa shape index (κ1) is 19.6. The molecule has 3 saturated carbocycles. The Morgan fingerprint density at radius 3 is 2.73 bits per heavy atom. The predicted octanol–water partition coefficient (Wildman–Crippen LogP) is 3.64. The quantitative estimate of drug-likeness (QED) is 0.651. The van der Waals surface area contributed by atoms with Crippen molar-refractivity contribution in [3.63, 3.8) is 0 Å².